The van der Waals surface area contributed by atoms with Crippen LogP contribution in [0.5, 0.6) is 5.75 Å². The zero-order valence-electron chi connectivity index (χ0n) is 20.1. The van der Waals surface area contributed by atoms with Crippen LogP contribution >= 0.6 is 0 Å². The lowest BCUT2D eigenvalue weighted by Gasteiger charge is -2.48. The lowest BCUT2D eigenvalue weighted by Crippen LogP contribution is -2.53. The number of ether oxygens (including phenoxy) is 2. The third kappa shape index (κ3) is 5.91. The lowest BCUT2D eigenvalue weighted by atomic mass is 9.65. The molecule has 2 aromatic rings. The third-order valence-electron chi connectivity index (χ3n) is 6.53. The highest BCUT2D eigenvalue weighted by molar-refractivity contribution is 5.77. The maximum atomic E-state index is 12.9. The zero-order valence-corrected chi connectivity index (χ0v) is 20.1. The molecule has 2 atom stereocenters. The van der Waals surface area contributed by atoms with Crippen LogP contribution in [0.1, 0.15) is 52.7 Å². The number of alkyl halides is 2. The number of para-hydroxylation sites is 1. The number of hydrogen-bond donors (Lipinski definition) is 0. The number of methoxy groups -OCH3 is 1. The molecule has 6 nitrogen and oxygen atoms in total. The van der Waals surface area contributed by atoms with Crippen LogP contribution in [0.2, 0.25) is 0 Å². The highest BCUT2D eigenvalue weighted by Crippen LogP contribution is 2.45. The lowest BCUT2D eigenvalue weighted by molar-refractivity contribution is -0.160. The van der Waals surface area contributed by atoms with Crippen molar-refractivity contribution >= 4 is 5.97 Å². The number of hydrogen-bond acceptors (Lipinski definition) is 6. The molecule has 33 heavy (non-hydrogen) atoms. The summed E-state index contributed by atoms with van der Waals surface area (Å²) in [4.78, 5) is 15.1. The number of piperidine rings is 1. The van der Waals surface area contributed by atoms with Crippen molar-refractivity contribution in [3.63, 3.8) is 0 Å². The molecule has 0 bridgehead atoms. The van der Waals surface area contributed by atoms with Crippen LogP contribution in [0.25, 0.3) is 11.3 Å². The van der Waals surface area contributed by atoms with Gasteiger partial charge >= 0.3 is 12.6 Å². The molecule has 1 saturated heterocycles. The van der Waals surface area contributed by atoms with Gasteiger partial charge in [0.05, 0.1) is 19.1 Å². The smallest absolute Gasteiger partial charge is 0.387 e. The van der Waals surface area contributed by atoms with E-state index in [1.807, 2.05) is 0 Å². The van der Waals surface area contributed by atoms with Crippen LogP contribution < -0.4 is 4.74 Å². The number of aromatic nitrogens is 1. The van der Waals surface area contributed by atoms with Crippen LogP contribution in [0.3, 0.4) is 0 Å². The Labute approximate surface area is 194 Å². The molecule has 182 valence electrons. The van der Waals surface area contributed by atoms with Crippen molar-refractivity contribution < 1.29 is 27.6 Å². The Kier molecular flexibility index (Phi) is 7.77. The molecule has 0 unspecified atom stereocenters. The normalized spacial score (nSPS) is 21.9. The second-order valence-electron chi connectivity index (χ2n) is 10.0. The number of halogens is 2. The van der Waals surface area contributed by atoms with E-state index in [1.165, 1.54) is 13.2 Å². The van der Waals surface area contributed by atoms with Crippen molar-refractivity contribution in [3.05, 3.63) is 36.1 Å². The summed E-state index contributed by atoms with van der Waals surface area (Å²) in [5.41, 5.74) is 0.316. The summed E-state index contributed by atoms with van der Waals surface area (Å²) in [5.74, 6) is 0.770. The largest absolute Gasteiger partial charge is 0.469 e. The Hall–Kier alpha value is -2.48. The molecular weight excluding hydrogens is 430 g/mol. The maximum absolute atomic E-state index is 12.9. The topological polar surface area (TPSA) is 64.8 Å². The van der Waals surface area contributed by atoms with Gasteiger partial charge in [0, 0.05) is 24.7 Å². The van der Waals surface area contributed by atoms with Crippen LogP contribution in [-0.2, 0) is 16.1 Å². The van der Waals surface area contributed by atoms with E-state index in [9.17, 15) is 13.6 Å². The fourth-order valence-corrected chi connectivity index (χ4v) is 4.84. The van der Waals surface area contributed by atoms with E-state index in [4.69, 9.17) is 9.26 Å². The summed E-state index contributed by atoms with van der Waals surface area (Å²) in [7, 11) is 1.45. The van der Waals surface area contributed by atoms with Crippen molar-refractivity contribution in [1.82, 2.24) is 10.1 Å². The number of likely N-dealkylation sites (tertiary alicyclic amines) is 1. The van der Waals surface area contributed by atoms with E-state index < -0.39 is 12.0 Å². The van der Waals surface area contributed by atoms with Crippen molar-refractivity contribution in [3.8, 4) is 17.0 Å². The van der Waals surface area contributed by atoms with Gasteiger partial charge in [-0.1, -0.05) is 51.4 Å². The Balaban J connectivity index is 1.85. The molecule has 2 heterocycles. The van der Waals surface area contributed by atoms with Gasteiger partial charge in [-0.3, -0.25) is 9.69 Å². The molecule has 1 aliphatic heterocycles. The summed E-state index contributed by atoms with van der Waals surface area (Å²) in [6, 6.07) is 8.25. The molecule has 0 amide bonds. The van der Waals surface area contributed by atoms with E-state index in [-0.39, 0.29) is 17.1 Å². The second-order valence-corrected chi connectivity index (χ2v) is 10.0. The van der Waals surface area contributed by atoms with Gasteiger partial charge in [-0.05, 0) is 36.3 Å². The molecule has 0 N–H and O–H groups in total. The van der Waals surface area contributed by atoms with E-state index in [2.05, 4.69) is 42.5 Å². The predicted molar refractivity (Wildman–Crippen MR) is 121 cm³/mol. The Bertz CT molecular complexity index is 940. The Morgan fingerprint density at radius 2 is 2.06 bits per heavy atom. The minimum absolute atomic E-state index is 0.0177. The first-order valence-electron chi connectivity index (χ1n) is 11.4. The molecule has 0 aliphatic carbocycles. The van der Waals surface area contributed by atoms with E-state index in [0.29, 0.717) is 36.0 Å². The summed E-state index contributed by atoms with van der Waals surface area (Å²) in [5, 5.41) is 4.09. The average Bonchev–Trinajstić information content (AvgIpc) is 3.20. The average molecular weight is 465 g/mol. The van der Waals surface area contributed by atoms with E-state index >= 15 is 0 Å². The van der Waals surface area contributed by atoms with Crippen molar-refractivity contribution in [2.75, 3.05) is 20.2 Å². The number of esters is 1. The Morgan fingerprint density at radius 1 is 1.33 bits per heavy atom. The van der Waals surface area contributed by atoms with Crippen molar-refractivity contribution in [2.45, 2.75) is 60.1 Å². The van der Waals surface area contributed by atoms with Gasteiger partial charge in [0.25, 0.3) is 0 Å². The van der Waals surface area contributed by atoms with E-state index in [1.54, 1.807) is 24.3 Å². The van der Waals surface area contributed by atoms with Gasteiger partial charge in [0.2, 0.25) is 0 Å². The summed E-state index contributed by atoms with van der Waals surface area (Å²) >= 11 is 0. The maximum Gasteiger partial charge on any atom is 0.387 e. The van der Waals surface area contributed by atoms with Gasteiger partial charge in [-0.25, -0.2) is 0 Å². The highest BCUT2D eigenvalue weighted by Gasteiger charge is 2.48. The third-order valence-corrected chi connectivity index (χ3v) is 6.53. The fraction of sp³-hybridized carbons (Fsp3) is 0.600. The molecule has 0 saturated carbocycles. The highest BCUT2D eigenvalue weighted by atomic mass is 19.3. The van der Waals surface area contributed by atoms with Gasteiger partial charge in [0.15, 0.2) is 5.76 Å². The molecule has 0 radical (unpaired) electrons. The summed E-state index contributed by atoms with van der Waals surface area (Å²) < 4.78 is 41.0. The number of carbonyl (C=O) groups is 1. The first kappa shape index (κ1) is 25.1. The summed E-state index contributed by atoms with van der Waals surface area (Å²) in [6.45, 7) is 7.58. The first-order valence-corrected chi connectivity index (χ1v) is 11.4. The summed E-state index contributed by atoms with van der Waals surface area (Å²) in [6.07, 6.45) is 2.42. The monoisotopic (exact) mass is 464 g/mol. The molecule has 1 aliphatic rings. The number of carbonyl (C=O) groups excluding carboxylic acids is 1. The van der Waals surface area contributed by atoms with Crippen molar-refractivity contribution in [2.24, 2.45) is 16.7 Å². The fourth-order valence-electron chi connectivity index (χ4n) is 4.84. The first-order chi connectivity index (χ1) is 15.6. The quantitative estimate of drug-likeness (QED) is 0.462. The minimum atomic E-state index is -2.93. The van der Waals surface area contributed by atoms with Gasteiger partial charge < -0.3 is 14.0 Å². The second kappa shape index (κ2) is 10.2. The standard InChI is InChI=1S/C25H34F2N2O4/c1-6-11-25(22(30)31-5)13-17(24(2,3)4)14-29(16-25)15-18-12-20(28-33-18)19-9-7-8-10-21(19)32-23(26)27/h7-10,12,17,23H,6,11,13-16H2,1-5H3/t17-,25-/m1/s1. The molecule has 1 aromatic heterocycles. The molecule has 1 fully saturated rings. The van der Waals surface area contributed by atoms with Crippen LogP contribution in [0.15, 0.2) is 34.9 Å². The van der Waals surface area contributed by atoms with Gasteiger partial charge in [-0.2, -0.15) is 8.78 Å². The minimum Gasteiger partial charge on any atom is -0.469 e. The Morgan fingerprint density at radius 3 is 2.70 bits per heavy atom. The molecule has 0 spiro atoms. The molecule has 3 rings (SSSR count). The van der Waals surface area contributed by atoms with Gasteiger partial charge in [-0.15, -0.1) is 0 Å². The molecule has 1 aromatic carbocycles. The van der Waals surface area contributed by atoms with Crippen LogP contribution in [0, 0.1) is 16.7 Å². The predicted octanol–water partition coefficient (Wildman–Crippen LogP) is 5.77. The SMILES string of the molecule is CCC[C@@]1(C(=O)OC)C[C@@H](C(C)(C)C)CN(Cc2cc(-c3ccccc3OC(F)F)no2)C1. The number of rotatable bonds is 8. The molecular formula is C25H34F2N2O4. The van der Waals surface area contributed by atoms with Crippen molar-refractivity contribution in [1.29, 1.82) is 0 Å². The van der Waals surface area contributed by atoms with Gasteiger partial charge in [0.1, 0.15) is 11.4 Å². The number of nitrogens with zero attached hydrogens (tertiary/aromatic N) is 2. The molecule has 8 heteroatoms. The number of benzene rings is 1. The van der Waals surface area contributed by atoms with Crippen LogP contribution in [0.4, 0.5) is 8.78 Å². The zero-order chi connectivity index (χ0) is 24.2. The van der Waals surface area contributed by atoms with Crippen LogP contribution in [-0.4, -0.2) is 42.8 Å². The van der Waals surface area contributed by atoms with E-state index in [0.717, 1.165) is 25.8 Å².